The highest BCUT2D eigenvalue weighted by atomic mass is 35.5. The number of aliphatic hydroxyl groups excluding tert-OH is 1. The smallest absolute Gasteiger partial charge is 0.223 e. The van der Waals surface area contributed by atoms with Gasteiger partial charge in [0, 0.05) is 19.0 Å². The largest absolute Gasteiger partial charge is 0.394 e. The maximum Gasteiger partial charge on any atom is 0.223 e. The van der Waals surface area contributed by atoms with Crippen molar-refractivity contribution in [1.29, 1.82) is 0 Å². The van der Waals surface area contributed by atoms with Gasteiger partial charge >= 0.3 is 0 Å². The lowest BCUT2D eigenvalue weighted by Crippen LogP contribution is -2.65. The summed E-state index contributed by atoms with van der Waals surface area (Å²) in [5.41, 5.74) is 0. The Morgan fingerprint density at radius 2 is 2.12 bits per heavy atom. The summed E-state index contributed by atoms with van der Waals surface area (Å²) in [5, 5.41) is 13.0. The van der Waals surface area contributed by atoms with E-state index >= 15 is 0 Å². The van der Waals surface area contributed by atoms with Gasteiger partial charge in [0.15, 0.2) is 0 Å². The molecule has 4 nitrogen and oxygen atoms in total. The van der Waals surface area contributed by atoms with Crippen LogP contribution in [0.2, 0.25) is 0 Å². The SMILES string of the molecule is Cl.O=C1CCC[C@H]2[C@H]3CNC[C@H](C3)[C@H](CO)N12. The van der Waals surface area contributed by atoms with Crippen LogP contribution in [0, 0.1) is 11.8 Å². The van der Waals surface area contributed by atoms with Crippen molar-refractivity contribution in [2.75, 3.05) is 19.7 Å². The molecule has 0 aromatic rings. The third-order valence-electron chi connectivity index (χ3n) is 4.59. The predicted octanol–water partition coefficient (Wildman–Crippen LogP) is 0.389. The van der Waals surface area contributed by atoms with Gasteiger partial charge < -0.3 is 15.3 Å². The number of nitrogens with one attached hydrogen (secondary N) is 1. The first-order valence-corrected chi connectivity index (χ1v) is 6.44. The zero-order valence-corrected chi connectivity index (χ0v) is 10.8. The molecule has 0 spiro atoms. The second kappa shape index (κ2) is 5.12. The van der Waals surface area contributed by atoms with Gasteiger partial charge in [-0.2, -0.15) is 0 Å². The standard InChI is InChI=1S/C12H20N2O2.ClH/c15-7-11-9-4-8(5-13-6-9)10-2-1-3-12(16)14(10)11;/h8-11,13,15H,1-7H2;1H/t8-,9+,10+,11+;/m1./s1. The van der Waals surface area contributed by atoms with Crippen molar-refractivity contribution in [2.24, 2.45) is 11.8 Å². The average molecular weight is 261 g/mol. The molecule has 98 valence electrons. The number of rotatable bonds is 1. The van der Waals surface area contributed by atoms with Crippen LogP contribution >= 0.6 is 12.4 Å². The number of hydrogen-bond donors (Lipinski definition) is 2. The number of hydrogen-bond acceptors (Lipinski definition) is 3. The summed E-state index contributed by atoms with van der Waals surface area (Å²) >= 11 is 0. The van der Waals surface area contributed by atoms with Gasteiger partial charge in [-0.3, -0.25) is 4.79 Å². The highest BCUT2D eigenvalue weighted by Crippen LogP contribution is 2.39. The molecule has 3 saturated heterocycles. The van der Waals surface area contributed by atoms with Crippen molar-refractivity contribution in [3.63, 3.8) is 0 Å². The summed E-state index contributed by atoms with van der Waals surface area (Å²) < 4.78 is 0. The lowest BCUT2D eigenvalue weighted by atomic mass is 9.73. The van der Waals surface area contributed by atoms with Crippen molar-refractivity contribution in [3.8, 4) is 0 Å². The first-order valence-electron chi connectivity index (χ1n) is 6.44. The van der Waals surface area contributed by atoms with Crippen LogP contribution < -0.4 is 5.32 Å². The molecule has 0 unspecified atom stereocenters. The summed E-state index contributed by atoms with van der Waals surface area (Å²) in [7, 11) is 0. The quantitative estimate of drug-likeness (QED) is 0.717. The molecular formula is C12H21ClN2O2. The van der Waals surface area contributed by atoms with Gasteiger partial charge in [0.05, 0.1) is 12.6 Å². The van der Waals surface area contributed by atoms with Gasteiger partial charge in [-0.05, 0) is 37.6 Å². The molecule has 3 rings (SSSR count). The molecule has 3 aliphatic heterocycles. The molecule has 2 bridgehead atoms. The number of halogens is 1. The lowest BCUT2D eigenvalue weighted by Gasteiger charge is -2.54. The number of amides is 1. The second-order valence-electron chi connectivity index (χ2n) is 5.42. The molecule has 0 radical (unpaired) electrons. The Hall–Kier alpha value is -0.320. The van der Waals surface area contributed by atoms with Gasteiger partial charge in [0.2, 0.25) is 5.91 Å². The van der Waals surface area contributed by atoms with E-state index in [1.807, 2.05) is 4.90 Å². The van der Waals surface area contributed by atoms with Crippen molar-refractivity contribution < 1.29 is 9.90 Å². The number of nitrogens with zero attached hydrogens (tertiary/aromatic N) is 1. The average Bonchev–Trinajstić information content (AvgIpc) is 2.31. The monoisotopic (exact) mass is 260 g/mol. The van der Waals surface area contributed by atoms with Crippen LogP contribution in [0.4, 0.5) is 0 Å². The first kappa shape index (κ1) is 13.1. The minimum atomic E-state index is 0. The summed E-state index contributed by atoms with van der Waals surface area (Å²) in [6, 6.07) is 0.462. The summed E-state index contributed by atoms with van der Waals surface area (Å²) in [5.74, 6) is 1.35. The van der Waals surface area contributed by atoms with E-state index in [2.05, 4.69) is 5.32 Å². The summed E-state index contributed by atoms with van der Waals surface area (Å²) in [6.45, 7) is 2.13. The maximum atomic E-state index is 12.0. The lowest BCUT2D eigenvalue weighted by molar-refractivity contribution is -0.151. The minimum absolute atomic E-state index is 0. The molecule has 0 aromatic heterocycles. The van der Waals surface area contributed by atoms with E-state index in [0.29, 0.717) is 24.3 Å². The van der Waals surface area contributed by atoms with Crippen LogP contribution in [-0.4, -0.2) is 47.7 Å². The molecule has 0 aliphatic carbocycles. The molecule has 2 N–H and O–H groups in total. The van der Waals surface area contributed by atoms with Crippen LogP contribution in [-0.2, 0) is 4.79 Å². The highest BCUT2D eigenvalue weighted by molar-refractivity contribution is 5.85. The van der Waals surface area contributed by atoms with E-state index in [1.165, 1.54) is 6.42 Å². The number of aliphatic hydroxyl groups is 1. The molecule has 5 heteroatoms. The fraction of sp³-hybridized carbons (Fsp3) is 0.917. The van der Waals surface area contributed by atoms with E-state index in [4.69, 9.17) is 0 Å². The number of piperidine rings is 3. The first-order chi connectivity index (χ1) is 7.81. The Balaban J connectivity index is 0.00000108. The molecular weight excluding hydrogens is 240 g/mol. The number of carbonyl (C=O) groups excluding carboxylic acids is 1. The van der Waals surface area contributed by atoms with Crippen LogP contribution in [0.25, 0.3) is 0 Å². The fourth-order valence-electron chi connectivity index (χ4n) is 3.87. The van der Waals surface area contributed by atoms with Crippen molar-refractivity contribution in [2.45, 2.75) is 37.8 Å². The third-order valence-corrected chi connectivity index (χ3v) is 4.59. The van der Waals surface area contributed by atoms with Gasteiger partial charge in [-0.1, -0.05) is 0 Å². The van der Waals surface area contributed by atoms with E-state index in [0.717, 1.165) is 25.9 Å². The molecule has 0 saturated carbocycles. The zero-order valence-electron chi connectivity index (χ0n) is 9.97. The zero-order chi connectivity index (χ0) is 11.1. The highest BCUT2D eigenvalue weighted by Gasteiger charge is 2.47. The molecule has 3 fully saturated rings. The topological polar surface area (TPSA) is 52.6 Å². The van der Waals surface area contributed by atoms with Crippen LogP contribution in [0.15, 0.2) is 0 Å². The second-order valence-corrected chi connectivity index (χ2v) is 5.42. The molecule has 3 aliphatic rings. The normalized spacial score (nSPS) is 40.5. The molecule has 17 heavy (non-hydrogen) atoms. The van der Waals surface area contributed by atoms with Gasteiger partial charge in [0.1, 0.15) is 0 Å². The van der Waals surface area contributed by atoms with Gasteiger partial charge in [-0.25, -0.2) is 0 Å². The Kier molecular flexibility index (Phi) is 3.95. The van der Waals surface area contributed by atoms with Crippen LogP contribution in [0.1, 0.15) is 25.7 Å². The Labute approximate surface area is 108 Å². The van der Waals surface area contributed by atoms with Crippen molar-refractivity contribution >= 4 is 18.3 Å². The maximum absolute atomic E-state index is 12.0. The Morgan fingerprint density at radius 3 is 2.88 bits per heavy atom. The molecule has 3 heterocycles. The Bertz CT molecular complexity index is 288. The van der Waals surface area contributed by atoms with Crippen LogP contribution in [0.3, 0.4) is 0 Å². The number of carbonyl (C=O) groups is 1. The van der Waals surface area contributed by atoms with Gasteiger partial charge in [-0.15, -0.1) is 12.4 Å². The molecule has 1 amide bonds. The van der Waals surface area contributed by atoms with Gasteiger partial charge in [0.25, 0.3) is 0 Å². The minimum Gasteiger partial charge on any atom is -0.394 e. The Morgan fingerprint density at radius 1 is 1.35 bits per heavy atom. The summed E-state index contributed by atoms with van der Waals surface area (Å²) in [4.78, 5) is 14.1. The van der Waals surface area contributed by atoms with E-state index in [1.54, 1.807) is 0 Å². The van der Waals surface area contributed by atoms with Crippen LogP contribution in [0.5, 0.6) is 0 Å². The van der Waals surface area contributed by atoms with E-state index in [9.17, 15) is 9.90 Å². The summed E-state index contributed by atoms with van der Waals surface area (Å²) in [6.07, 6.45) is 4.02. The van der Waals surface area contributed by atoms with E-state index in [-0.39, 0.29) is 31.0 Å². The predicted molar refractivity (Wildman–Crippen MR) is 67.1 cm³/mol. The van der Waals surface area contributed by atoms with Crippen molar-refractivity contribution in [1.82, 2.24) is 10.2 Å². The number of fused-ring (bicyclic) bond motifs is 4. The molecule has 0 aromatic carbocycles. The third kappa shape index (κ3) is 2.07. The van der Waals surface area contributed by atoms with E-state index < -0.39 is 0 Å². The van der Waals surface area contributed by atoms with Crippen molar-refractivity contribution in [3.05, 3.63) is 0 Å². The fourth-order valence-corrected chi connectivity index (χ4v) is 3.87. The molecule has 4 atom stereocenters.